The molecule has 1 fully saturated rings. The number of hydrogen-bond acceptors (Lipinski definition) is 5. The molecular weight excluding hydrogens is 318 g/mol. The first-order valence-electron chi connectivity index (χ1n) is 7.26. The fourth-order valence-electron chi connectivity index (χ4n) is 2.58. The lowest BCUT2D eigenvalue weighted by Gasteiger charge is -2.33. The van der Waals surface area contributed by atoms with Crippen molar-refractivity contribution in [3.05, 3.63) is 53.3 Å². The molecule has 1 aromatic heterocycles. The molecule has 1 saturated heterocycles. The number of benzene rings is 1. The van der Waals surface area contributed by atoms with Gasteiger partial charge in [0.2, 0.25) is 0 Å². The van der Waals surface area contributed by atoms with Crippen LogP contribution in [0.25, 0.3) is 5.70 Å². The van der Waals surface area contributed by atoms with E-state index in [0.29, 0.717) is 30.4 Å². The van der Waals surface area contributed by atoms with Crippen molar-refractivity contribution in [3.8, 4) is 0 Å². The number of aliphatic hydroxyl groups excluding tert-OH is 1. The van der Waals surface area contributed by atoms with Crippen LogP contribution in [0, 0.1) is 5.41 Å². The average molecular weight is 336 g/mol. The highest BCUT2D eigenvalue weighted by atomic mass is 35.5. The van der Waals surface area contributed by atoms with E-state index in [1.165, 1.54) is 6.33 Å². The number of halogens is 1. The second kappa shape index (κ2) is 6.70. The van der Waals surface area contributed by atoms with E-state index in [1.54, 1.807) is 11.0 Å². The first kappa shape index (κ1) is 16.0. The predicted molar refractivity (Wildman–Crippen MR) is 85.9 cm³/mol. The molecular formula is C16H18ClN3O3. The summed E-state index contributed by atoms with van der Waals surface area (Å²) in [5.41, 5.74) is 0.968. The van der Waals surface area contributed by atoms with Gasteiger partial charge in [0.15, 0.2) is 0 Å². The predicted octanol–water partition coefficient (Wildman–Crippen LogP) is 2.91. The SMILES string of the molecule is CC1(C(O)=C(Cc2cccc(Cl)c2)n2cncn2)COCOC1. The van der Waals surface area contributed by atoms with Gasteiger partial charge < -0.3 is 14.6 Å². The summed E-state index contributed by atoms with van der Waals surface area (Å²) in [6.45, 7) is 2.91. The lowest BCUT2D eigenvalue weighted by atomic mass is 9.87. The van der Waals surface area contributed by atoms with Crippen molar-refractivity contribution >= 4 is 17.3 Å². The normalized spacial score (nSPS) is 18.5. The quantitative estimate of drug-likeness (QED) is 0.870. The molecule has 1 aliphatic rings. The number of aromatic nitrogens is 3. The molecule has 23 heavy (non-hydrogen) atoms. The van der Waals surface area contributed by atoms with Crippen molar-refractivity contribution < 1.29 is 14.6 Å². The zero-order valence-electron chi connectivity index (χ0n) is 12.8. The number of hydrogen-bond donors (Lipinski definition) is 1. The summed E-state index contributed by atoms with van der Waals surface area (Å²) >= 11 is 6.06. The summed E-state index contributed by atoms with van der Waals surface area (Å²) in [6, 6.07) is 7.50. The minimum Gasteiger partial charge on any atom is -0.510 e. The molecule has 1 N–H and O–H groups in total. The summed E-state index contributed by atoms with van der Waals surface area (Å²) in [5.74, 6) is 0.183. The minimum atomic E-state index is -0.627. The van der Waals surface area contributed by atoms with Gasteiger partial charge in [-0.15, -0.1) is 0 Å². The third kappa shape index (κ3) is 3.55. The van der Waals surface area contributed by atoms with Gasteiger partial charge in [0.25, 0.3) is 0 Å². The van der Waals surface area contributed by atoms with Gasteiger partial charge in [-0.25, -0.2) is 9.67 Å². The number of aliphatic hydroxyl groups is 1. The van der Waals surface area contributed by atoms with Crippen molar-refractivity contribution in [2.24, 2.45) is 5.41 Å². The molecule has 0 atom stereocenters. The summed E-state index contributed by atoms with van der Waals surface area (Å²) in [6.07, 6.45) is 3.46. The third-order valence-electron chi connectivity index (χ3n) is 3.81. The van der Waals surface area contributed by atoms with Crippen LogP contribution in [0.15, 0.2) is 42.7 Å². The van der Waals surface area contributed by atoms with Crippen LogP contribution < -0.4 is 0 Å². The molecule has 2 aromatic rings. The van der Waals surface area contributed by atoms with E-state index < -0.39 is 5.41 Å². The summed E-state index contributed by atoms with van der Waals surface area (Å²) in [7, 11) is 0. The lowest BCUT2D eigenvalue weighted by Crippen LogP contribution is -2.37. The van der Waals surface area contributed by atoms with Crippen LogP contribution in [-0.4, -0.2) is 39.9 Å². The first-order valence-corrected chi connectivity index (χ1v) is 7.64. The Morgan fingerprint density at radius 2 is 2.17 bits per heavy atom. The topological polar surface area (TPSA) is 69.4 Å². The van der Waals surface area contributed by atoms with Crippen LogP contribution >= 0.6 is 11.6 Å². The number of rotatable bonds is 4. The second-order valence-corrected chi connectivity index (χ2v) is 6.25. The Morgan fingerprint density at radius 3 is 2.83 bits per heavy atom. The summed E-state index contributed by atoms with van der Waals surface area (Å²) in [5, 5.41) is 15.7. The largest absolute Gasteiger partial charge is 0.510 e. The van der Waals surface area contributed by atoms with Gasteiger partial charge in [0, 0.05) is 11.4 Å². The second-order valence-electron chi connectivity index (χ2n) is 5.82. The van der Waals surface area contributed by atoms with Crippen molar-refractivity contribution in [1.82, 2.24) is 14.8 Å². The smallest absolute Gasteiger partial charge is 0.146 e. The van der Waals surface area contributed by atoms with E-state index in [-0.39, 0.29) is 12.6 Å². The molecule has 122 valence electrons. The Kier molecular flexibility index (Phi) is 4.66. The molecule has 0 radical (unpaired) electrons. The molecule has 2 heterocycles. The van der Waals surface area contributed by atoms with Crippen LogP contribution in [0.1, 0.15) is 12.5 Å². The maximum atomic E-state index is 10.9. The molecule has 1 aromatic carbocycles. The number of ether oxygens (including phenoxy) is 2. The van der Waals surface area contributed by atoms with Crippen LogP contribution in [-0.2, 0) is 15.9 Å². The average Bonchev–Trinajstić information content (AvgIpc) is 3.07. The van der Waals surface area contributed by atoms with Crippen molar-refractivity contribution in [2.45, 2.75) is 13.3 Å². The minimum absolute atomic E-state index is 0.183. The molecule has 1 aliphatic heterocycles. The maximum absolute atomic E-state index is 10.9. The van der Waals surface area contributed by atoms with E-state index in [1.807, 2.05) is 31.2 Å². The van der Waals surface area contributed by atoms with E-state index in [9.17, 15) is 5.11 Å². The van der Waals surface area contributed by atoms with Crippen LogP contribution in [0.4, 0.5) is 0 Å². The van der Waals surface area contributed by atoms with Gasteiger partial charge in [-0.2, -0.15) is 5.10 Å². The standard InChI is InChI=1S/C16H18ClN3O3/c1-16(7-22-11-23-8-16)15(21)14(20-10-18-9-19-20)6-12-3-2-4-13(17)5-12/h2-5,9-10,21H,6-8,11H2,1H3. The van der Waals surface area contributed by atoms with Gasteiger partial charge in [0.05, 0.1) is 24.3 Å². The highest BCUT2D eigenvalue weighted by Gasteiger charge is 2.36. The van der Waals surface area contributed by atoms with Crippen LogP contribution in [0.2, 0.25) is 5.02 Å². The van der Waals surface area contributed by atoms with Crippen LogP contribution in [0.5, 0.6) is 0 Å². The maximum Gasteiger partial charge on any atom is 0.146 e. The number of allylic oxidation sites excluding steroid dienone is 1. The van der Waals surface area contributed by atoms with E-state index >= 15 is 0 Å². The zero-order chi connectivity index (χ0) is 16.3. The van der Waals surface area contributed by atoms with E-state index in [4.69, 9.17) is 21.1 Å². The van der Waals surface area contributed by atoms with Crippen molar-refractivity contribution in [1.29, 1.82) is 0 Å². The Labute approximate surface area is 139 Å². The first-order chi connectivity index (χ1) is 11.1. The molecule has 0 amide bonds. The highest BCUT2D eigenvalue weighted by Crippen LogP contribution is 2.33. The molecule has 0 unspecified atom stereocenters. The fraction of sp³-hybridized carbons (Fsp3) is 0.375. The molecule has 3 rings (SSSR count). The fourth-order valence-corrected chi connectivity index (χ4v) is 2.79. The third-order valence-corrected chi connectivity index (χ3v) is 4.04. The van der Waals surface area contributed by atoms with Gasteiger partial charge >= 0.3 is 0 Å². The highest BCUT2D eigenvalue weighted by molar-refractivity contribution is 6.30. The number of nitrogens with zero attached hydrogens (tertiary/aromatic N) is 3. The summed E-state index contributed by atoms with van der Waals surface area (Å²) < 4.78 is 12.3. The zero-order valence-corrected chi connectivity index (χ0v) is 13.5. The van der Waals surface area contributed by atoms with Crippen molar-refractivity contribution in [3.63, 3.8) is 0 Å². The molecule has 0 saturated carbocycles. The molecule has 0 bridgehead atoms. The van der Waals surface area contributed by atoms with Crippen LogP contribution in [0.3, 0.4) is 0 Å². The molecule has 6 nitrogen and oxygen atoms in total. The lowest BCUT2D eigenvalue weighted by molar-refractivity contribution is -0.155. The van der Waals surface area contributed by atoms with Gasteiger partial charge in [-0.05, 0) is 24.6 Å². The molecule has 0 aliphatic carbocycles. The molecule has 7 heteroatoms. The summed E-state index contributed by atoms with van der Waals surface area (Å²) in [4.78, 5) is 3.97. The monoisotopic (exact) mass is 335 g/mol. The Bertz CT molecular complexity index is 694. The van der Waals surface area contributed by atoms with E-state index in [2.05, 4.69) is 10.1 Å². The Morgan fingerprint density at radius 1 is 1.39 bits per heavy atom. The van der Waals surface area contributed by atoms with E-state index in [0.717, 1.165) is 5.56 Å². The Hall–Kier alpha value is -1.89. The van der Waals surface area contributed by atoms with Crippen molar-refractivity contribution in [2.75, 3.05) is 20.0 Å². The van der Waals surface area contributed by atoms with Gasteiger partial charge in [-0.1, -0.05) is 23.7 Å². The Balaban J connectivity index is 2.00. The van der Waals surface area contributed by atoms with Gasteiger partial charge in [0.1, 0.15) is 25.2 Å². The molecule has 0 spiro atoms. The van der Waals surface area contributed by atoms with Gasteiger partial charge in [-0.3, -0.25) is 0 Å².